The number of amides is 1. The first-order valence-corrected chi connectivity index (χ1v) is 9.82. The molecule has 1 heterocycles. The van der Waals surface area contributed by atoms with E-state index in [4.69, 9.17) is 4.74 Å². The Bertz CT molecular complexity index is 954. The lowest BCUT2D eigenvalue weighted by Crippen LogP contribution is -2.27. The zero-order valence-electron chi connectivity index (χ0n) is 16.1. The van der Waals surface area contributed by atoms with Crippen LogP contribution in [0.1, 0.15) is 18.3 Å². The van der Waals surface area contributed by atoms with Crippen molar-refractivity contribution in [2.45, 2.75) is 25.0 Å². The highest BCUT2D eigenvalue weighted by Crippen LogP contribution is 2.23. The summed E-state index contributed by atoms with van der Waals surface area (Å²) in [5.41, 5.74) is 1.10. The molecule has 0 aliphatic carbocycles. The van der Waals surface area contributed by atoms with Gasteiger partial charge in [0.25, 0.3) is 0 Å². The minimum atomic E-state index is 0.0656. The summed E-state index contributed by atoms with van der Waals surface area (Å²) in [5, 5.41) is 11.3. The zero-order chi connectivity index (χ0) is 19.4. The Kier molecular flexibility index (Phi) is 6.01. The lowest BCUT2D eigenvalue weighted by Gasteiger charge is -2.17. The number of fused-ring (bicyclic) bond motifs is 1. The first-order chi connectivity index (χ1) is 13.0. The van der Waals surface area contributed by atoms with Crippen molar-refractivity contribution in [2.24, 2.45) is 7.05 Å². The minimum absolute atomic E-state index is 0.0656. The normalized spacial score (nSPS) is 11.0. The van der Waals surface area contributed by atoms with Crippen molar-refractivity contribution in [3.8, 4) is 5.75 Å². The zero-order valence-corrected chi connectivity index (χ0v) is 16.9. The summed E-state index contributed by atoms with van der Waals surface area (Å²) in [6.45, 7) is 2.61. The maximum atomic E-state index is 12.5. The Hall–Kier alpha value is -2.54. The Morgan fingerprint density at radius 2 is 1.93 bits per heavy atom. The third-order valence-corrected chi connectivity index (χ3v) is 5.53. The van der Waals surface area contributed by atoms with Gasteiger partial charge in [-0.25, -0.2) is 0 Å². The number of aryl methyl sites for hydroxylation is 1. The molecule has 3 rings (SSSR count). The Morgan fingerprint density at radius 3 is 2.63 bits per heavy atom. The van der Waals surface area contributed by atoms with Crippen LogP contribution < -0.4 is 4.74 Å². The number of methoxy groups -OCH3 is 1. The number of hydrogen-bond acceptors (Lipinski definition) is 5. The molecule has 0 atom stereocenters. The van der Waals surface area contributed by atoms with E-state index in [1.165, 1.54) is 11.8 Å². The number of hydrogen-bond donors (Lipinski definition) is 0. The van der Waals surface area contributed by atoms with Crippen molar-refractivity contribution in [3.05, 3.63) is 47.8 Å². The molecular weight excluding hydrogens is 360 g/mol. The van der Waals surface area contributed by atoms with Gasteiger partial charge in [-0.1, -0.05) is 36.9 Å². The molecule has 0 radical (unpaired) electrons. The molecule has 27 heavy (non-hydrogen) atoms. The third-order valence-electron chi connectivity index (χ3n) is 4.52. The van der Waals surface area contributed by atoms with Crippen LogP contribution in [0.4, 0.5) is 0 Å². The van der Waals surface area contributed by atoms with Crippen molar-refractivity contribution >= 4 is 28.4 Å². The third kappa shape index (κ3) is 4.42. The van der Waals surface area contributed by atoms with Gasteiger partial charge in [-0.15, -0.1) is 10.2 Å². The van der Waals surface area contributed by atoms with E-state index in [0.717, 1.165) is 39.5 Å². The van der Waals surface area contributed by atoms with E-state index in [2.05, 4.69) is 28.4 Å². The Morgan fingerprint density at radius 1 is 1.19 bits per heavy atom. The van der Waals surface area contributed by atoms with Gasteiger partial charge in [0.15, 0.2) is 5.16 Å². The minimum Gasteiger partial charge on any atom is -0.497 e. The highest BCUT2D eigenvalue weighted by Gasteiger charge is 2.14. The number of benzene rings is 2. The van der Waals surface area contributed by atoms with E-state index in [0.29, 0.717) is 12.3 Å². The predicted molar refractivity (Wildman–Crippen MR) is 108 cm³/mol. The van der Waals surface area contributed by atoms with Crippen molar-refractivity contribution in [2.75, 3.05) is 19.9 Å². The largest absolute Gasteiger partial charge is 0.497 e. The van der Waals surface area contributed by atoms with Crippen LogP contribution in [0.5, 0.6) is 5.75 Å². The number of ether oxygens (including phenoxy) is 1. The van der Waals surface area contributed by atoms with Crippen LogP contribution in [0, 0.1) is 0 Å². The molecular formula is C20H24N4O2S. The molecule has 0 saturated carbocycles. The number of aromatic nitrogens is 3. The van der Waals surface area contributed by atoms with E-state index >= 15 is 0 Å². The second kappa shape index (κ2) is 8.43. The summed E-state index contributed by atoms with van der Waals surface area (Å²) in [4.78, 5) is 14.2. The lowest BCUT2D eigenvalue weighted by molar-refractivity contribution is -0.127. The summed E-state index contributed by atoms with van der Waals surface area (Å²) in [7, 11) is 5.42. The van der Waals surface area contributed by atoms with Crippen LogP contribution in [-0.2, 0) is 24.8 Å². The molecule has 1 amide bonds. The first kappa shape index (κ1) is 19.2. The fraction of sp³-hybridized carbons (Fsp3) is 0.350. The Labute approximate surface area is 163 Å². The summed E-state index contributed by atoms with van der Waals surface area (Å²) in [6, 6.07) is 12.2. The van der Waals surface area contributed by atoms with Gasteiger partial charge in [-0.2, -0.15) is 0 Å². The molecule has 0 aliphatic heterocycles. The summed E-state index contributed by atoms with van der Waals surface area (Å²) in [5.74, 6) is 2.17. The molecule has 0 aliphatic rings. The molecule has 0 spiro atoms. The van der Waals surface area contributed by atoms with E-state index in [1.54, 1.807) is 12.0 Å². The summed E-state index contributed by atoms with van der Waals surface area (Å²) < 4.78 is 7.20. The molecule has 0 fully saturated rings. The monoisotopic (exact) mass is 384 g/mol. The maximum Gasteiger partial charge on any atom is 0.233 e. The molecule has 142 valence electrons. The van der Waals surface area contributed by atoms with Crippen LogP contribution >= 0.6 is 11.8 Å². The van der Waals surface area contributed by atoms with Crippen LogP contribution in [0.3, 0.4) is 0 Å². The summed E-state index contributed by atoms with van der Waals surface area (Å²) >= 11 is 1.42. The molecule has 0 N–H and O–H groups in total. The van der Waals surface area contributed by atoms with Crippen LogP contribution in [0.25, 0.3) is 10.8 Å². The maximum absolute atomic E-state index is 12.5. The predicted octanol–water partition coefficient (Wildman–Crippen LogP) is 3.29. The summed E-state index contributed by atoms with van der Waals surface area (Å²) in [6.07, 6.45) is 0.825. The first-order valence-electron chi connectivity index (χ1n) is 8.83. The van der Waals surface area contributed by atoms with Gasteiger partial charge in [0.05, 0.1) is 12.9 Å². The van der Waals surface area contributed by atoms with E-state index in [9.17, 15) is 4.79 Å². The molecule has 0 unspecified atom stereocenters. The number of nitrogens with zero attached hydrogens (tertiary/aromatic N) is 4. The second-order valence-electron chi connectivity index (χ2n) is 6.40. The fourth-order valence-electron chi connectivity index (χ4n) is 2.88. The van der Waals surface area contributed by atoms with Crippen LogP contribution in [-0.4, -0.2) is 45.5 Å². The van der Waals surface area contributed by atoms with Gasteiger partial charge >= 0.3 is 0 Å². The Balaban J connectivity index is 1.62. The number of thioether (sulfide) groups is 1. The van der Waals surface area contributed by atoms with E-state index in [-0.39, 0.29) is 5.91 Å². The number of carbonyl (C=O) groups excluding carboxylic acids is 1. The average Bonchev–Trinajstić information content (AvgIpc) is 3.05. The van der Waals surface area contributed by atoms with Crippen molar-refractivity contribution in [1.82, 2.24) is 19.7 Å². The van der Waals surface area contributed by atoms with Gasteiger partial charge in [0.1, 0.15) is 11.6 Å². The molecule has 3 aromatic rings. The van der Waals surface area contributed by atoms with Crippen molar-refractivity contribution in [3.63, 3.8) is 0 Å². The standard InChI is InChI=1S/C20H24N4O2S/c1-5-18-21-22-20(24(18)3)27-13-19(25)23(2)12-14-6-7-16-11-17(26-4)9-8-15(16)10-14/h6-11H,5,12-13H2,1-4H3. The fourth-order valence-corrected chi connectivity index (χ4v) is 3.75. The van der Waals surface area contributed by atoms with Gasteiger partial charge in [-0.05, 0) is 34.5 Å². The van der Waals surface area contributed by atoms with Crippen molar-refractivity contribution in [1.29, 1.82) is 0 Å². The SMILES string of the molecule is CCc1nnc(SCC(=O)N(C)Cc2ccc3cc(OC)ccc3c2)n1C. The molecule has 2 aromatic carbocycles. The topological polar surface area (TPSA) is 60.3 Å². The van der Waals surface area contributed by atoms with Gasteiger partial charge in [0, 0.05) is 27.1 Å². The van der Waals surface area contributed by atoms with Crippen LogP contribution in [0.15, 0.2) is 41.6 Å². The van der Waals surface area contributed by atoms with Gasteiger partial charge < -0.3 is 14.2 Å². The highest BCUT2D eigenvalue weighted by atomic mass is 32.2. The van der Waals surface area contributed by atoms with Crippen LogP contribution in [0.2, 0.25) is 0 Å². The molecule has 0 bridgehead atoms. The smallest absolute Gasteiger partial charge is 0.233 e. The number of rotatable bonds is 7. The highest BCUT2D eigenvalue weighted by molar-refractivity contribution is 7.99. The molecule has 6 nitrogen and oxygen atoms in total. The van der Waals surface area contributed by atoms with Crippen molar-refractivity contribution < 1.29 is 9.53 Å². The molecule has 1 aromatic heterocycles. The second-order valence-corrected chi connectivity index (χ2v) is 7.34. The van der Waals surface area contributed by atoms with Gasteiger partial charge in [-0.3, -0.25) is 4.79 Å². The van der Waals surface area contributed by atoms with E-state index < -0.39 is 0 Å². The quantitative estimate of drug-likeness (QED) is 0.585. The number of carbonyl (C=O) groups is 1. The molecule has 7 heteroatoms. The molecule has 0 saturated heterocycles. The average molecular weight is 385 g/mol. The van der Waals surface area contributed by atoms with Gasteiger partial charge in [0.2, 0.25) is 5.91 Å². The lowest BCUT2D eigenvalue weighted by atomic mass is 10.1. The van der Waals surface area contributed by atoms with E-state index in [1.807, 2.05) is 43.8 Å².